The minimum absolute atomic E-state index is 0.0121. The fraction of sp³-hybridized carbons (Fsp3) is 0.458. The summed E-state index contributed by atoms with van der Waals surface area (Å²) < 4.78 is 5.61. The Morgan fingerprint density at radius 2 is 1.71 bits per heavy atom. The van der Waals surface area contributed by atoms with Crippen molar-refractivity contribution in [3.8, 4) is 5.75 Å². The van der Waals surface area contributed by atoms with Gasteiger partial charge in [0, 0.05) is 12.2 Å². The first kappa shape index (κ1) is 20.4. The second kappa shape index (κ2) is 10.3. The fourth-order valence-corrected chi connectivity index (χ4v) is 3.54. The molecule has 2 aromatic rings. The van der Waals surface area contributed by atoms with Gasteiger partial charge in [-0.2, -0.15) is 0 Å². The van der Waals surface area contributed by atoms with Crippen molar-refractivity contribution in [2.75, 3.05) is 25.0 Å². The smallest absolute Gasteiger partial charge is 0.262 e. The minimum Gasteiger partial charge on any atom is -0.484 e. The Kier molecular flexibility index (Phi) is 7.49. The Labute approximate surface area is 168 Å². The summed E-state index contributed by atoms with van der Waals surface area (Å²) in [5.74, 6) is 1.11. The minimum atomic E-state index is -0.144. The standard InChI is InChI=1S/C24H32N2O2/c1-3-19(2)21-9-13-23(14-10-21)28-18-24(27)25-22-11-7-20(8-12-22)17-26-15-5-4-6-16-26/h7-14,19H,3-6,15-18H2,1-2H3,(H,25,27)/t19-/m1/s1. The van der Waals surface area contributed by atoms with Crippen LogP contribution in [0, 0.1) is 0 Å². The summed E-state index contributed by atoms with van der Waals surface area (Å²) in [6, 6.07) is 16.1. The molecule has 1 aliphatic rings. The molecule has 1 saturated heterocycles. The predicted octanol–water partition coefficient (Wildman–Crippen LogP) is 5.20. The van der Waals surface area contributed by atoms with Crippen LogP contribution in [0.15, 0.2) is 48.5 Å². The van der Waals surface area contributed by atoms with Crippen molar-refractivity contribution in [2.24, 2.45) is 0 Å². The first-order valence-electron chi connectivity index (χ1n) is 10.5. The van der Waals surface area contributed by atoms with Gasteiger partial charge in [0.05, 0.1) is 0 Å². The molecular formula is C24H32N2O2. The van der Waals surface area contributed by atoms with E-state index in [2.05, 4.69) is 48.3 Å². The molecule has 0 unspecified atom stereocenters. The molecule has 150 valence electrons. The van der Waals surface area contributed by atoms with E-state index in [0.717, 1.165) is 24.4 Å². The van der Waals surface area contributed by atoms with Crippen LogP contribution in [-0.2, 0) is 11.3 Å². The Balaban J connectivity index is 1.44. The highest BCUT2D eigenvalue weighted by atomic mass is 16.5. The van der Waals surface area contributed by atoms with Gasteiger partial charge in [-0.15, -0.1) is 0 Å². The zero-order chi connectivity index (χ0) is 19.8. The molecule has 4 heteroatoms. The van der Waals surface area contributed by atoms with Crippen molar-refractivity contribution >= 4 is 11.6 Å². The normalized spacial score (nSPS) is 15.8. The Bertz CT molecular complexity index is 734. The summed E-state index contributed by atoms with van der Waals surface area (Å²) in [7, 11) is 0. The van der Waals surface area contributed by atoms with Crippen LogP contribution in [-0.4, -0.2) is 30.5 Å². The maximum absolute atomic E-state index is 12.2. The molecule has 2 aromatic carbocycles. The third-order valence-corrected chi connectivity index (χ3v) is 5.52. The molecule has 1 atom stereocenters. The molecular weight excluding hydrogens is 348 g/mol. The summed E-state index contributed by atoms with van der Waals surface area (Å²) in [4.78, 5) is 14.7. The molecule has 0 radical (unpaired) electrons. The first-order valence-corrected chi connectivity index (χ1v) is 10.5. The van der Waals surface area contributed by atoms with Gasteiger partial charge in [-0.1, -0.05) is 44.5 Å². The number of benzene rings is 2. The number of carbonyl (C=O) groups is 1. The second-order valence-corrected chi connectivity index (χ2v) is 7.75. The van der Waals surface area contributed by atoms with Gasteiger partial charge in [0.1, 0.15) is 5.75 Å². The van der Waals surface area contributed by atoms with E-state index in [1.54, 1.807) is 0 Å². The van der Waals surface area contributed by atoms with Gasteiger partial charge in [-0.25, -0.2) is 0 Å². The second-order valence-electron chi connectivity index (χ2n) is 7.75. The number of carbonyl (C=O) groups excluding carboxylic acids is 1. The van der Waals surface area contributed by atoms with E-state index in [0.29, 0.717) is 5.92 Å². The average Bonchev–Trinajstić information content (AvgIpc) is 2.74. The Morgan fingerprint density at radius 1 is 1.04 bits per heavy atom. The van der Waals surface area contributed by atoms with Gasteiger partial charge in [-0.05, 0) is 73.7 Å². The number of amides is 1. The monoisotopic (exact) mass is 380 g/mol. The van der Waals surface area contributed by atoms with Crippen molar-refractivity contribution in [3.05, 3.63) is 59.7 Å². The average molecular weight is 381 g/mol. The molecule has 0 spiro atoms. The lowest BCUT2D eigenvalue weighted by Crippen LogP contribution is -2.29. The molecule has 0 aromatic heterocycles. The lowest BCUT2D eigenvalue weighted by Gasteiger charge is -2.26. The van der Waals surface area contributed by atoms with Gasteiger partial charge < -0.3 is 10.1 Å². The maximum atomic E-state index is 12.2. The number of piperidine rings is 1. The van der Waals surface area contributed by atoms with Crippen molar-refractivity contribution in [2.45, 2.75) is 52.0 Å². The van der Waals surface area contributed by atoms with E-state index >= 15 is 0 Å². The van der Waals surface area contributed by atoms with Crippen LogP contribution in [0.2, 0.25) is 0 Å². The molecule has 1 N–H and O–H groups in total. The number of likely N-dealkylation sites (tertiary alicyclic amines) is 1. The van der Waals surface area contributed by atoms with Crippen LogP contribution >= 0.6 is 0 Å². The molecule has 1 fully saturated rings. The van der Waals surface area contributed by atoms with Crippen LogP contribution in [0.1, 0.15) is 56.6 Å². The topological polar surface area (TPSA) is 41.6 Å². The summed E-state index contributed by atoms with van der Waals surface area (Å²) in [5.41, 5.74) is 3.39. The zero-order valence-electron chi connectivity index (χ0n) is 17.1. The first-order chi connectivity index (χ1) is 13.6. The SMILES string of the molecule is CC[C@@H](C)c1ccc(OCC(=O)Nc2ccc(CN3CCCCC3)cc2)cc1. The molecule has 3 rings (SSSR count). The molecule has 1 heterocycles. The lowest BCUT2D eigenvalue weighted by molar-refractivity contribution is -0.118. The van der Waals surface area contributed by atoms with Crippen molar-refractivity contribution < 1.29 is 9.53 Å². The third kappa shape index (κ3) is 6.10. The van der Waals surface area contributed by atoms with Crippen LogP contribution in [0.4, 0.5) is 5.69 Å². The summed E-state index contributed by atoms with van der Waals surface area (Å²) in [6.07, 6.45) is 5.06. The Morgan fingerprint density at radius 3 is 2.36 bits per heavy atom. The maximum Gasteiger partial charge on any atom is 0.262 e. The number of ether oxygens (including phenoxy) is 1. The highest BCUT2D eigenvalue weighted by Crippen LogP contribution is 2.21. The quantitative estimate of drug-likeness (QED) is 0.684. The molecule has 1 amide bonds. The number of nitrogens with one attached hydrogen (secondary N) is 1. The van der Waals surface area contributed by atoms with E-state index < -0.39 is 0 Å². The van der Waals surface area contributed by atoms with Crippen LogP contribution < -0.4 is 10.1 Å². The van der Waals surface area contributed by atoms with Crippen molar-refractivity contribution in [3.63, 3.8) is 0 Å². The Hall–Kier alpha value is -2.33. The summed E-state index contributed by atoms with van der Waals surface area (Å²) in [5, 5.41) is 2.90. The van der Waals surface area contributed by atoms with E-state index in [9.17, 15) is 4.79 Å². The number of nitrogens with zero attached hydrogens (tertiary/aromatic N) is 1. The number of rotatable bonds is 8. The molecule has 0 aliphatic carbocycles. The van der Waals surface area contributed by atoms with Crippen LogP contribution in [0.5, 0.6) is 5.75 Å². The predicted molar refractivity (Wildman–Crippen MR) is 115 cm³/mol. The third-order valence-electron chi connectivity index (χ3n) is 5.52. The molecule has 0 bridgehead atoms. The largest absolute Gasteiger partial charge is 0.484 e. The highest BCUT2D eigenvalue weighted by Gasteiger charge is 2.10. The fourth-order valence-electron chi connectivity index (χ4n) is 3.54. The van der Waals surface area contributed by atoms with E-state index in [4.69, 9.17) is 4.74 Å². The summed E-state index contributed by atoms with van der Waals surface area (Å²) >= 11 is 0. The lowest BCUT2D eigenvalue weighted by atomic mass is 9.99. The van der Waals surface area contributed by atoms with Crippen LogP contribution in [0.25, 0.3) is 0 Å². The van der Waals surface area contributed by atoms with Gasteiger partial charge in [0.15, 0.2) is 6.61 Å². The molecule has 1 aliphatic heterocycles. The van der Waals surface area contributed by atoms with Gasteiger partial charge in [-0.3, -0.25) is 9.69 Å². The van der Waals surface area contributed by atoms with Crippen molar-refractivity contribution in [1.29, 1.82) is 0 Å². The van der Waals surface area contributed by atoms with Crippen LogP contribution in [0.3, 0.4) is 0 Å². The van der Waals surface area contributed by atoms with E-state index in [1.807, 2.05) is 24.3 Å². The molecule has 4 nitrogen and oxygen atoms in total. The van der Waals surface area contributed by atoms with Gasteiger partial charge >= 0.3 is 0 Å². The van der Waals surface area contributed by atoms with Crippen molar-refractivity contribution in [1.82, 2.24) is 4.90 Å². The molecule has 28 heavy (non-hydrogen) atoms. The summed E-state index contributed by atoms with van der Waals surface area (Å²) in [6.45, 7) is 7.77. The number of anilines is 1. The van der Waals surface area contributed by atoms with E-state index in [1.165, 1.54) is 43.5 Å². The van der Waals surface area contributed by atoms with Gasteiger partial charge in [0.25, 0.3) is 5.91 Å². The number of hydrogen-bond donors (Lipinski definition) is 1. The van der Waals surface area contributed by atoms with Gasteiger partial charge in [0.2, 0.25) is 0 Å². The van der Waals surface area contributed by atoms with E-state index in [-0.39, 0.29) is 12.5 Å². The number of hydrogen-bond acceptors (Lipinski definition) is 3. The highest BCUT2D eigenvalue weighted by molar-refractivity contribution is 5.91. The molecule has 0 saturated carbocycles. The zero-order valence-corrected chi connectivity index (χ0v) is 17.1.